The number of amides is 1. The number of hydrogen-bond acceptors (Lipinski definition) is 2. The fourth-order valence-electron chi connectivity index (χ4n) is 2.02. The molecule has 5 heteroatoms. The lowest BCUT2D eigenvalue weighted by Crippen LogP contribution is -2.35. The van der Waals surface area contributed by atoms with Crippen LogP contribution in [-0.4, -0.2) is 28.6 Å². The van der Waals surface area contributed by atoms with Crippen LogP contribution in [0, 0.1) is 5.92 Å². The molecule has 1 heterocycles. The van der Waals surface area contributed by atoms with Gasteiger partial charge in [-0.15, -0.1) is 0 Å². The number of carbonyl (C=O) groups is 1. The van der Waals surface area contributed by atoms with Crippen LogP contribution in [0.3, 0.4) is 0 Å². The third kappa shape index (κ3) is 3.04. The van der Waals surface area contributed by atoms with Gasteiger partial charge >= 0.3 is 0 Å². The lowest BCUT2D eigenvalue weighted by atomic mass is 10.0. The minimum Gasteiger partial charge on any atom is -0.391 e. The Labute approximate surface area is 126 Å². The van der Waals surface area contributed by atoms with Crippen molar-refractivity contribution in [2.75, 3.05) is 6.54 Å². The van der Waals surface area contributed by atoms with Gasteiger partial charge in [-0.3, -0.25) is 4.79 Å². The van der Waals surface area contributed by atoms with Crippen LogP contribution in [0.15, 0.2) is 28.7 Å². The van der Waals surface area contributed by atoms with Gasteiger partial charge in [0.1, 0.15) is 5.69 Å². The van der Waals surface area contributed by atoms with Crippen LogP contribution in [-0.2, 0) is 0 Å². The normalized spacial score (nSPS) is 14.2. The van der Waals surface area contributed by atoms with E-state index < -0.39 is 6.10 Å². The second kappa shape index (κ2) is 6.41. The van der Waals surface area contributed by atoms with Crippen LogP contribution in [0.1, 0.15) is 30.8 Å². The fourth-order valence-corrected chi connectivity index (χ4v) is 2.65. The van der Waals surface area contributed by atoms with Gasteiger partial charge < -0.3 is 15.4 Å². The number of rotatable bonds is 5. The molecular formula is C15H19BrN2O2. The third-order valence-corrected chi connectivity index (χ3v) is 4.47. The third-order valence-electron chi connectivity index (χ3n) is 3.64. The molecule has 0 spiro atoms. The molecule has 2 unspecified atom stereocenters. The molecule has 20 heavy (non-hydrogen) atoms. The molecular weight excluding hydrogens is 320 g/mol. The van der Waals surface area contributed by atoms with Crippen molar-refractivity contribution in [1.29, 1.82) is 0 Å². The summed E-state index contributed by atoms with van der Waals surface area (Å²) in [4.78, 5) is 15.3. The zero-order chi connectivity index (χ0) is 14.7. The fraction of sp³-hybridized carbons (Fsp3) is 0.400. The van der Waals surface area contributed by atoms with E-state index in [0.29, 0.717) is 5.69 Å². The van der Waals surface area contributed by atoms with Crippen LogP contribution < -0.4 is 5.32 Å². The molecule has 2 aromatic rings. The van der Waals surface area contributed by atoms with Crippen LogP contribution in [0.25, 0.3) is 10.9 Å². The number of halogens is 1. The van der Waals surface area contributed by atoms with Gasteiger partial charge in [-0.05, 0) is 27.9 Å². The molecule has 0 saturated heterocycles. The molecule has 2 rings (SSSR count). The molecule has 1 amide bonds. The van der Waals surface area contributed by atoms with Gasteiger partial charge in [0.25, 0.3) is 5.91 Å². The van der Waals surface area contributed by atoms with E-state index in [1.165, 1.54) is 0 Å². The Morgan fingerprint density at radius 3 is 2.80 bits per heavy atom. The van der Waals surface area contributed by atoms with Crippen molar-refractivity contribution in [2.24, 2.45) is 5.92 Å². The highest BCUT2D eigenvalue weighted by Crippen LogP contribution is 2.27. The average molecular weight is 339 g/mol. The molecule has 0 radical (unpaired) electrons. The van der Waals surface area contributed by atoms with E-state index in [0.717, 1.165) is 21.8 Å². The van der Waals surface area contributed by atoms with E-state index in [9.17, 15) is 9.90 Å². The Balaban J connectivity index is 2.10. The summed E-state index contributed by atoms with van der Waals surface area (Å²) in [6.07, 6.45) is 0.361. The first-order valence-electron chi connectivity index (χ1n) is 6.77. The summed E-state index contributed by atoms with van der Waals surface area (Å²) in [7, 11) is 0. The largest absolute Gasteiger partial charge is 0.391 e. The van der Waals surface area contributed by atoms with E-state index in [-0.39, 0.29) is 18.4 Å². The predicted molar refractivity (Wildman–Crippen MR) is 83.8 cm³/mol. The number of H-pyrrole nitrogens is 1. The van der Waals surface area contributed by atoms with Crippen molar-refractivity contribution in [3.05, 3.63) is 34.4 Å². The van der Waals surface area contributed by atoms with E-state index in [4.69, 9.17) is 0 Å². The van der Waals surface area contributed by atoms with Gasteiger partial charge in [-0.2, -0.15) is 0 Å². The summed E-state index contributed by atoms with van der Waals surface area (Å²) in [5, 5.41) is 13.6. The molecule has 0 aliphatic carbocycles. The number of aliphatic hydroxyl groups excluding tert-OH is 1. The first kappa shape index (κ1) is 15.1. The van der Waals surface area contributed by atoms with Gasteiger partial charge in [-0.25, -0.2) is 0 Å². The zero-order valence-electron chi connectivity index (χ0n) is 11.6. The van der Waals surface area contributed by atoms with Crippen LogP contribution in [0.5, 0.6) is 0 Å². The number of aromatic nitrogens is 1. The number of carbonyl (C=O) groups excluding carboxylic acids is 1. The van der Waals surface area contributed by atoms with Crippen molar-refractivity contribution in [1.82, 2.24) is 10.3 Å². The number of nitrogens with one attached hydrogen (secondary N) is 2. The Bertz CT molecular complexity index is 609. The van der Waals surface area contributed by atoms with Crippen LogP contribution in [0.2, 0.25) is 0 Å². The van der Waals surface area contributed by atoms with E-state index >= 15 is 0 Å². The van der Waals surface area contributed by atoms with Crippen LogP contribution in [0.4, 0.5) is 0 Å². The quantitative estimate of drug-likeness (QED) is 0.784. The molecule has 0 aliphatic rings. The van der Waals surface area contributed by atoms with Gasteiger partial charge in [0.05, 0.1) is 10.6 Å². The second-order valence-electron chi connectivity index (χ2n) is 5.02. The maximum atomic E-state index is 12.2. The van der Waals surface area contributed by atoms with Gasteiger partial charge in [-0.1, -0.05) is 38.5 Å². The molecule has 0 aliphatic heterocycles. The Morgan fingerprint density at radius 1 is 1.45 bits per heavy atom. The highest BCUT2D eigenvalue weighted by Gasteiger charge is 2.18. The predicted octanol–water partition coefficient (Wildman–Crippen LogP) is 3.07. The van der Waals surface area contributed by atoms with E-state index in [2.05, 4.69) is 26.2 Å². The zero-order valence-corrected chi connectivity index (χ0v) is 13.2. The van der Waals surface area contributed by atoms with Crippen molar-refractivity contribution >= 4 is 32.7 Å². The van der Waals surface area contributed by atoms with Gasteiger partial charge in [0.2, 0.25) is 0 Å². The van der Waals surface area contributed by atoms with Crippen LogP contribution >= 0.6 is 15.9 Å². The molecule has 0 bridgehead atoms. The number of para-hydroxylation sites is 1. The second-order valence-corrected chi connectivity index (χ2v) is 5.82. The molecule has 3 N–H and O–H groups in total. The molecule has 1 aromatic carbocycles. The minimum atomic E-state index is -0.521. The molecule has 0 saturated carbocycles. The Kier molecular flexibility index (Phi) is 4.83. The SMILES string of the molecule is CCC(C)C(O)CNC(=O)c1[nH]c2ccccc2c1Br. The molecule has 4 nitrogen and oxygen atoms in total. The minimum absolute atomic E-state index is 0.168. The summed E-state index contributed by atoms with van der Waals surface area (Å²) < 4.78 is 0.753. The van der Waals surface area contributed by atoms with Crippen molar-refractivity contribution in [2.45, 2.75) is 26.4 Å². The maximum Gasteiger partial charge on any atom is 0.269 e. The average Bonchev–Trinajstić information content (AvgIpc) is 2.81. The lowest BCUT2D eigenvalue weighted by molar-refractivity contribution is 0.0846. The first-order valence-corrected chi connectivity index (χ1v) is 7.56. The topological polar surface area (TPSA) is 65.1 Å². The summed E-state index contributed by atoms with van der Waals surface area (Å²) in [6, 6.07) is 7.71. The van der Waals surface area contributed by atoms with Crippen molar-refractivity contribution < 1.29 is 9.90 Å². The maximum absolute atomic E-state index is 12.2. The monoisotopic (exact) mass is 338 g/mol. The number of hydrogen-bond donors (Lipinski definition) is 3. The number of benzene rings is 1. The standard InChI is InChI=1S/C15H19BrN2O2/c1-3-9(2)12(19)8-17-15(20)14-13(16)10-6-4-5-7-11(10)18-14/h4-7,9,12,18-19H,3,8H2,1-2H3,(H,17,20). The number of aliphatic hydroxyl groups is 1. The molecule has 2 atom stereocenters. The summed E-state index contributed by atoms with van der Waals surface area (Å²) in [5.74, 6) is -0.0446. The van der Waals surface area contributed by atoms with E-state index in [1.807, 2.05) is 38.1 Å². The van der Waals surface area contributed by atoms with E-state index in [1.54, 1.807) is 0 Å². The highest BCUT2D eigenvalue weighted by molar-refractivity contribution is 9.10. The summed E-state index contributed by atoms with van der Waals surface area (Å²) >= 11 is 3.45. The molecule has 108 valence electrons. The number of fused-ring (bicyclic) bond motifs is 1. The lowest BCUT2D eigenvalue weighted by Gasteiger charge is -2.17. The Hall–Kier alpha value is -1.33. The van der Waals surface area contributed by atoms with Crippen molar-refractivity contribution in [3.63, 3.8) is 0 Å². The first-order chi connectivity index (χ1) is 9.54. The van der Waals surface area contributed by atoms with Gasteiger partial charge in [0.15, 0.2) is 0 Å². The van der Waals surface area contributed by atoms with Gasteiger partial charge in [0, 0.05) is 17.4 Å². The Morgan fingerprint density at radius 2 is 2.15 bits per heavy atom. The summed E-state index contributed by atoms with van der Waals surface area (Å²) in [6.45, 7) is 4.25. The highest BCUT2D eigenvalue weighted by atomic mass is 79.9. The van der Waals surface area contributed by atoms with Crippen molar-refractivity contribution in [3.8, 4) is 0 Å². The smallest absolute Gasteiger partial charge is 0.269 e. The summed E-state index contributed by atoms with van der Waals surface area (Å²) in [5.41, 5.74) is 1.40. The molecule has 1 aromatic heterocycles. The number of aromatic amines is 1. The molecule has 0 fully saturated rings.